The van der Waals surface area contributed by atoms with Gasteiger partial charge in [-0.1, -0.05) is 42.5 Å². The Balaban J connectivity index is 0.00000385. The molecule has 0 aliphatic carbocycles. The molecule has 182 valence electrons. The molecule has 1 atom stereocenters. The van der Waals surface area contributed by atoms with E-state index in [1.165, 1.54) is 11.1 Å². The fourth-order valence-electron chi connectivity index (χ4n) is 3.67. The second-order valence-corrected chi connectivity index (χ2v) is 7.62. The number of morpholine rings is 1. The Hall–Kier alpha value is -1.88. The molecule has 0 saturated carbocycles. The molecule has 0 aromatic heterocycles. The molecule has 1 aliphatic heterocycles. The number of guanidine groups is 1. The molecule has 1 saturated heterocycles. The average Bonchev–Trinajstić information content (AvgIpc) is 2.85. The van der Waals surface area contributed by atoms with Crippen molar-refractivity contribution in [3.63, 3.8) is 0 Å². The number of ether oxygens (including phenoxy) is 3. The molecule has 0 bridgehead atoms. The Bertz CT molecular complexity index is 799. The van der Waals surface area contributed by atoms with E-state index in [0.717, 1.165) is 44.6 Å². The molecule has 2 N–H and O–H groups in total. The molecule has 1 unspecified atom stereocenters. The van der Waals surface area contributed by atoms with Crippen molar-refractivity contribution in [3.8, 4) is 5.75 Å². The van der Waals surface area contributed by atoms with E-state index >= 15 is 0 Å². The smallest absolute Gasteiger partial charge is 0.191 e. The van der Waals surface area contributed by atoms with Crippen LogP contribution in [-0.2, 0) is 16.1 Å². The number of methoxy groups -OCH3 is 1. The van der Waals surface area contributed by atoms with Crippen molar-refractivity contribution in [3.05, 3.63) is 65.7 Å². The molecule has 1 aliphatic rings. The van der Waals surface area contributed by atoms with Gasteiger partial charge in [0.2, 0.25) is 0 Å². The van der Waals surface area contributed by atoms with Gasteiger partial charge >= 0.3 is 0 Å². The van der Waals surface area contributed by atoms with Gasteiger partial charge in [0, 0.05) is 26.2 Å². The molecule has 0 spiro atoms. The van der Waals surface area contributed by atoms with Gasteiger partial charge in [0.25, 0.3) is 0 Å². The standard InChI is InChI=1S/C25H36N4O3.HI/c1-3-26-25(27-13-16-32-20-21-7-5-4-6-8-21)28-19-24(29-14-17-31-18-15-29)22-9-11-23(30-2)12-10-22;/h4-12,24H,3,13-20H2,1-2H3,(H2,26,27,28);1H. The summed E-state index contributed by atoms with van der Waals surface area (Å²) in [5, 5.41) is 6.72. The minimum absolute atomic E-state index is 0. The summed E-state index contributed by atoms with van der Waals surface area (Å²) in [6.45, 7) is 8.80. The third kappa shape index (κ3) is 9.48. The lowest BCUT2D eigenvalue weighted by Gasteiger charge is -2.34. The van der Waals surface area contributed by atoms with Gasteiger partial charge in [0.1, 0.15) is 5.75 Å². The number of halogens is 1. The summed E-state index contributed by atoms with van der Waals surface area (Å²) < 4.78 is 16.7. The van der Waals surface area contributed by atoms with Crippen LogP contribution in [-0.4, -0.2) is 70.5 Å². The molecular formula is C25H37IN4O3. The van der Waals surface area contributed by atoms with E-state index in [1.54, 1.807) is 7.11 Å². The van der Waals surface area contributed by atoms with Crippen LogP contribution in [0.2, 0.25) is 0 Å². The second kappa shape index (κ2) is 15.9. The van der Waals surface area contributed by atoms with E-state index in [4.69, 9.17) is 19.2 Å². The summed E-state index contributed by atoms with van der Waals surface area (Å²) in [7, 11) is 1.69. The fourth-order valence-corrected chi connectivity index (χ4v) is 3.67. The van der Waals surface area contributed by atoms with Crippen molar-refractivity contribution >= 4 is 29.9 Å². The van der Waals surface area contributed by atoms with Crippen LogP contribution in [0.1, 0.15) is 24.1 Å². The number of nitrogens with zero attached hydrogens (tertiary/aromatic N) is 2. The van der Waals surface area contributed by atoms with Gasteiger partial charge in [-0.2, -0.15) is 0 Å². The summed E-state index contributed by atoms with van der Waals surface area (Å²) in [5.41, 5.74) is 2.42. The van der Waals surface area contributed by atoms with Crippen LogP contribution in [0.4, 0.5) is 0 Å². The molecule has 8 heteroatoms. The van der Waals surface area contributed by atoms with Crippen molar-refractivity contribution in [2.75, 3.05) is 59.7 Å². The quantitative estimate of drug-likeness (QED) is 0.188. The van der Waals surface area contributed by atoms with Gasteiger partial charge in [0.15, 0.2) is 5.96 Å². The molecule has 3 rings (SSSR count). The fraction of sp³-hybridized carbons (Fsp3) is 0.480. The third-order valence-corrected chi connectivity index (χ3v) is 5.40. The zero-order valence-electron chi connectivity index (χ0n) is 19.7. The van der Waals surface area contributed by atoms with Crippen molar-refractivity contribution in [1.82, 2.24) is 15.5 Å². The Kier molecular flexibility index (Phi) is 13.2. The first-order chi connectivity index (χ1) is 15.8. The normalized spacial score (nSPS) is 15.4. The maximum Gasteiger partial charge on any atom is 0.191 e. The lowest BCUT2D eigenvalue weighted by Crippen LogP contribution is -2.42. The number of rotatable bonds is 11. The topological polar surface area (TPSA) is 67.4 Å². The molecule has 1 fully saturated rings. The Morgan fingerprint density at radius 2 is 1.79 bits per heavy atom. The molecule has 2 aromatic rings. The van der Waals surface area contributed by atoms with Crippen molar-refractivity contribution in [1.29, 1.82) is 0 Å². The Labute approximate surface area is 214 Å². The van der Waals surface area contributed by atoms with Gasteiger partial charge in [-0.15, -0.1) is 24.0 Å². The van der Waals surface area contributed by atoms with Crippen LogP contribution in [0.3, 0.4) is 0 Å². The van der Waals surface area contributed by atoms with E-state index in [9.17, 15) is 0 Å². The molecule has 1 heterocycles. The SMILES string of the molecule is CCNC(=NCC(c1ccc(OC)cc1)N1CCOCC1)NCCOCc1ccccc1.I. The van der Waals surface area contributed by atoms with E-state index in [2.05, 4.69) is 46.7 Å². The van der Waals surface area contributed by atoms with E-state index < -0.39 is 0 Å². The minimum Gasteiger partial charge on any atom is -0.497 e. The number of benzene rings is 2. The number of nitrogens with one attached hydrogen (secondary N) is 2. The highest BCUT2D eigenvalue weighted by atomic mass is 127. The van der Waals surface area contributed by atoms with Crippen molar-refractivity contribution in [2.45, 2.75) is 19.6 Å². The van der Waals surface area contributed by atoms with Crippen LogP contribution in [0.15, 0.2) is 59.6 Å². The highest BCUT2D eigenvalue weighted by Gasteiger charge is 2.22. The van der Waals surface area contributed by atoms with Gasteiger partial charge < -0.3 is 24.8 Å². The Morgan fingerprint density at radius 3 is 2.45 bits per heavy atom. The first-order valence-corrected chi connectivity index (χ1v) is 11.4. The monoisotopic (exact) mass is 568 g/mol. The molecular weight excluding hydrogens is 531 g/mol. The first-order valence-electron chi connectivity index (χ1n) is 11.4. The summed E-state index contributed by atoms with van der Waals surface area (Å²) in [6, 6.07) is 18.7. The van der Waals surface area contributed by atoms with Crippen molar-refractivity contribution in [2.24, 2.45) is 4.99 Å². The average molecular weight is 569 g/mol. The van der Waals surface area contributed by atoms with Crippen molar-refractivity contribution < 1.29 is 14.2 Å². The van der Waals surface area contributed by atoms with Crippen LogP contribution < -0.4 is 15.4 Å². The first kappa shape index (κ1) is 27.4. The highest BCUT2D eigenvalue weighted by Crippen LogP contribution is 2.24. The number of aliphatic imine (C=N–C) groups is 1. The zero-order chi connectivity index (χ0) is 22.4. The molecule has 33 heavy (non-hydrogen) atoms. The summed E-state index contributed by atoms with van der Waals surface area (Å²) in [5.74, 6) is 1.67. The van der Waals surface area contributed by atoms with E-state index in [-0.39, 0.29) is 30.0 Å². The van der Waals surface area contributed by atoms with Crippen LogP contribution in [0.25, 0.3) is 0 Å². The predicted octanol–water partition coefficient (Wildman–Crippen LogP) is 3.46. The minimum atomic E-state index is 0. The van der Waals surface area contributed by atoms with E-state index in [1.807, 2.05) is 30.3 Å². The van der Waals surface area contributed by atoms with Crippen LogP contribution in [0.5, 0.6) is 5.75 Å². The number of hydrogen-bond acceptors (Lipinski definition) is 5. The van der Waals surface area contributed by atoms with E-state index in [0.29, 0.717) is 26.3 Å². The molecule has 0 amide bonds. The maximum absolute atomic E-state index is 5.78. The zero-order valence-corrected chi connectivity index (χ0v) is 22.0. The summed E-state index contributed by atoms with van der Waals surface area (Å²) >= 11 is 0. The van der Waals surface area contributed by atoms with Gasteiger partial charge in [-0.3, -0.25) is 9.89 Å². The second-order valence-electron chi connectivity index (χ2n) is 7.62. The third-order valence-electron chi connectivity index (χ3n) is 5.40. The van der Waals surface area contributed by atoms with Crippen LogP contribution >= 0.6 is 24.0 Å². The van der Waals surface area contributed by atoms with Crippen LogP contribution in [0, 0.1) is 0 Å². The molecule has 0 radical (unpaired) electrons. The summed E-state index contributed by atoms with van der Waals surface area (Å²) in [6.07, 6.45) is 0. The predicted molar refractivity (Wildman–Crippen MR) is 144 cm³/mol. The largest absolute Gasteiger partial charge is 0.497 e. The summed E-state index contributed by atoms with van der Waals surface area (Å²) in [4.78, 5) is 7.33. The van der Waals surface area contributed by atoms with Gasteiger partial charge in [0.05, 0.1) is 46.1 Å². The lowest BCUT2D eigenvalue weighted by atomic mass is 10.0. The van der Waals surface area contributed by atoms with Gasteiger partial charge in [-0.25, -0.2) is 0 Å². The Morgan fingerprint density at radius 1 is 1.06 bits per heavy atom. The lowest BCUT2D eigenvalue weighted by molar-refractivity contribution is 0.0179. The van der Waals surface area contributed by atoms with Gasteiger partial charge in [-0.05, 0) is 30.2 Å². The molecule has 2 aromatic carbocycles. The number of hydrogen-bond donors (Lipinski definition) is 2. The molecule has 7 nitrogen and oxygen atoms in total. The highest BCUT2D eigenvalue weighted by molar-refractivity contribution is 14.0. The maximum atomic E-state index is 5.78.